The van der Waals surface area contributed by atoms with Crippen molar-refractivity contribution in [1.82, 2.24) is 14.7 Å². The lowest BCUT2D eigenvalue weighted by Crippen LogP contribution is -2.38. The Bertz CT molecular complexity index is 1070. The minimum atomic E-state index is -4.52. The highest BCUT2D eigenvalue weighted by Gasteiger charge is 2.32. The van der Waals surface area contributed by atoms with E-state index in [-0.39, 0.29) is 16.6 Å². The second-order valence-corrected chi connectivity index (χ2v) is 8.24. The van der Waals surface area contributed by atoms with Crippen LogP contribution in [0.2, 0.25) is 5.02 Å². The summed E-state index contributed by atoms with van der Waals surface area (Å²) in [6, 6.07) is 8.55. The number of aromatic nitrogens is 2. The van der Waals surface area contributed by atoms with Crippen molar-refractivity contribution in [3.8, 4) is 0 Å². The molecular formula is C22H22ClF3N4O. The molecule has 1 amide bonds. The number of alkyl halides is 3. The third-order valence-corrected chi connectivity index (χ3v) is 6.04. The molecule has 1 saturated carbocycles. The summed E-state index contributed by atoms with van der Waals surface area (Å²) in [7, 11) is 0. The van der Waals surface area contributed by atoms with Crippen LogP contribution in [0, 0.1) is 5.92 Å². The van der Waals surface area contributed by atoms with Crippen LogP contribution in [0.3, 0.4) is 0 Å². The van der Waals surface area contributed by atoms with E-state index >= 15 is 0 Å². The molecule has 1 fully saturated rings. The van der Waals surface area contributed by atoms with Crippen LogP contribution in [0.25, 0.3) is 5.65 Å². The quantitative estimate of drug-likeness (QED) is 0.546. The van der Waals surface area contributed by atoms with E-state index in [1.54, 1.807) is 6.20 Å². The van der Waals surface area contributed by atoms with Gasteiger partial charge in [-0.1, -0.05) is 17.7 Å². The number of halogens is 4. The van der Waals surface area contributed by atoms with Gasteiger partial charge >= 0.3 is 6.18 Å². The van der Waals surface area contributed by atoms with Gasteiger partial charge in [0.1, 0.15) is 11.5 Å². The zero-order valence-electron chi connectivity index (χ0n) is 16.6. The van der Waals surface area contributed by atoms with E-state index in [4.69, 9.17) is 11.6 Å². The lowest BCUT2D eigenvalue weighted by Gasteiger charge is -2.29. The Labute approximate surface area is 182 Å². The zero-order valence-corrected chi connectivity index (χ0v) is 17.4. The van der Waals surface area contributed by atoms with Crippen molar-refractivity contribution in [3.63, 3.8) is 0 Å². The molecule has 0 bridgehead atoms. The summed E-state index contributed by atoms with van der Waals surface area (Å²) in [4.78, 5) is 16.9. The highest BCUT2D eigenvalue weighted by Crippen LogP contribution is 2.32. The highest BCUT2D eigenvalue weighted by atomic mass is 35.5. The number of benzene rings is 1. The fourth-order valence-corrected chi connectivity index (χ4v) is 4.17. The van der Waals surface area contributed by atoms with Crippen LogP contribution in [0.4, 0.5) is 19.0 Å². The smallest absolute Gasteiger partial charge is 0.370 e. The van der Waals surface area contributed by atoms with Crippen LogP contribution >= 0.6 is 11.6 Å². The van der Waals surface area contributed by atoms with Gasteiger partial charge in [-0.3, -0.25) is 9.20 Å². The van der Waals surface area contributed by atoms with E-state index in [0.29, 0.717) is 5.92 Å². The lowest BCUT2D eigenvalue weighted by molar-refractivity contribution is -0.137. The van der Waals surface area contributed by atoms with Crippen LogP contribution in [0.1, 0.15) is 41.6 Å². The molecule has 0 saturated heterocycles. The Morgan fingerprint density at radius 1 is 1.16 bits per heavy atom. The number of hydrogen-bond donors (Lipinski definition) is 2. The summed E-state index contributed by atoms with van der Waals surface area (Å²) in [6.07, 6.45) is 2.58. The molecule has 0 radical (unpaired) electrons. The minimum Gasteiger partial charge on any atom is -0.370 e. The number of amides is 1. The summed E-state index contributed by atoms with van der Waals surface area (Å²) in [5, 5.41) is 6.29. The summed E-state index contributed by atoms with van der Waals surface area (Å²) >= 11 is 5.97. The zero-order chi connectivity index (χ0) is 22.0. The summed E-state index contributed by atoms with van der Waals surface area (Å²) in [6.45, 7) is 0.794. The van der Waals surface area contributed by atoms with E-state index in [9.17, 15) is 18.0 Å². The fourth-order valence-electron chi connectivity index (χ4n) is 3.96. The Morgan fingerprint density at radius 3 is 2.68 bits per heavy atom. The average Bonchev–Trinajstić information content (AvgIpc) is 3.16. The molecule has 9 heteroatoms. The van der Waals surface area contributed by atoms with Gasteiger partial charge in [-0.2, -0.15) is 13.2 Å². The SMILES string of the molecule is O=C(N[C@H]1CC[C@H](CNc2cnc3ccccn23)CC1)c1cc(C(F)(F)F)ccc1Cl. The van der Waals surface area contributed by atoms with Crippen LogP contribution in [-0.2, 0) is 6.18 Å². The molecule has 0 unspecified atom stereocenters. The first-order valence-corrected chi connectivity index (χ1v) is 10.5. The molecule has 5 nitrogen and oxygen atoms in total. The first-order valence-electron chi connectivity index (χ1n) is 10.1. The first kappa shape index (κ1) is 21.5. The molecule has 1 aliphatic carbocycles. The first-order chi connectivity index (χ1) is 14.8. The molecule has 1 aliphatic rings. The van der Waals surface area contributed by atoms with Gasteiger partial charge in [0.15, 0.2) is 0 Å². The van der Waals surface area contributed by atoms with Gasteiger partial charge in [0.2, 0.25) is 0 Å². The van der Waals surface area contributed by atoms with E-state index in [0.717, 1.165) is 61.9 Å². The molecule has 1 aromatic carbocycles. The predicted octanol–water partition coefficient (Wildman–Crippen LogP) is 5.41. The van der Waals surface area contributed by atoms with Crippen molar-refractivity contribution >= 4 is 29.0 Å². The van der Waals surface area contributed by atoms with Gasteiger partial charge in [-0.15, -0.1) is 0 Å². The van der Waals surface area contributed by atoms with E-state index in [1.807, 2.05) is 28.8 Å². The molecule has 4 rings (SSSR count). The fraction of sp³-hybridized carbons (Fsp3) is 0.364. The Kier molecular flexibility index (Phi) is 6.09. The Hall–Kier alpha value is -2.74. The number of nitrogens with one attached hydrogen (secondary N) is 2. The summed E-state index contributed by atoms with van der Waals surface area (Å²) < 4.78 is 40.8. The van der Waals surface area contributed by atoms with Crippen molar-refractivity contribution in [1.29, 1.82) is 0 Å². The van der Waals surface area contributed by atoms with Crippen LogP contribution in [0.15, 0.2) is 48.8 Å². The largest absolute Gasteiger partial charge is 0.416 e. The second kappa shape index (κ2) is 8.78. The van der Waals surface area contributed by atoms with Gasteiger partial charge in [-0.05, 0) is 61.9 Å². The van der Waals surface area contributed by atoms with Crippen LogP contribution < -0.4 is 10.6 Å². The number of nitrogens with zero attached hydrogens (tertiary/aromatic N) is 2. The Balaban J connectivity index is 1.30. The van der Waals surface area contributed by atoms with Gasteiger partial charge in [-0.25, -0.2) is 4.98 Å². The van der Waals surface area contributed by atoms with Crippen molar-refractivity contribution in [2.45, 2.75) is 37.9 Å². The normalized spacial score (nSPS) is 19.4. The molecule has 0 atom stereocenters. The maximum Gasteiger partial charge on any atom is 0.416 e. The number of rotatable bonds is 5. The number of carbonyl (C=O) groups is 1. The number of imidazole rings is 1. The number of pyridine rings is 1. The van der Waals surface area contributed by atoms with Gasteiger partial charge in [0, 0.05) is 18.8 Å². The maximum atomic E-state index is 12.9. The van der Waals surface area contributed by atoms with Crippen LogP contribution in [-0.4, -0.2) is 27.9 Å². The Morgan fingerprint density at radius 2 is 1.94 bits per heavy atom. The van der Waals surface area contributed by atoms with E-state index < -0.39 is 17.6 Å². The van der Waals surface area contributed by atoms with E-state index in [2.05, 4.69) is 15.6 Å². The third kappa shape index (κ3) is 4.95. The summed E-state index contributed by atoms with van der Waals surface area (Å²) in [5.74, 6) is 0.813. The van der Waals surface area contributed by atoms with Crippen molar-refractivity contribution < 1.29 is 18.0 Å². The standard InChI is InChI=1S/C22H22ClF3N4O/c23-18-9-6-15(22(24,25)26)11-17(18)21(31)29-16-7-4-14(5-8-16)12-27-20-13-28-19-3-1-2-10-30(19)20/h1-3,6,9-11,13-14,16,27H,4-5,7-8,12H2,(H,29,31)/t14-,16-. The van der Waals surface area contributed by atoms with E-state index in [1.165, 1.54) is 0 Å². The molecular weight excluding hydrogens is 429 g/mol. The number of anilines is 1. The predicted molar refractivity (Wildman–Crippen MR) is 113 cm³/mol. The number of hydrogen-bond acceptors (Lipinski definition) is 3. The highest BCUT2D eigenvalue weighted by molar-refractivity contribution is 6.33. The van der Waals surface area contributed by atoms with Gasteiger partial charge in [0.05, 0.1) is 22.3 Å². The molecule has 0 aliphatic heterocycles. The third-order valence-electron chi connectivity index (χ3n) is 5.71. The molecule has 3 aromatic rings. The summed E-state index contributed by atoms with van der Waals surface area (Å²) in [5.41, 5.74) is -0.151. The molecule has 0 spiro atoms. The van der Waals surface area contributed by atoms with Crippen molar-refractivity contribution in [2.75, 3.05) is 11.9 Å². The van der Waals surface area contributed by atoms with Gasteiger partial charge < -0.3 is 10.6 Å². The number of fused-ring (bicyclic) bond motifs is 1. The maximum absolute atomic E-state index is 12.9. The average molecular weight is 451 g/mol. The monoisotopic (exact) mass is 450 g/mol. The van der Waals surface area contributed by atoms with Crippen LogP contribution in [0.5, 0.6) is 0 Å². The topological polar surface area (TPSA) is 58.4 Å². The molecule has 2 N–H and O–H groups in total. The minimum absolute atomic E-state index is 0.0106. The molecule has 164 valence electrons. The number of carbonyl (C=O) groups excluding carboxylic acids is 1. The van der Waals surface area contributed by atoms with Gasteiger partial charge in [0.25, 0.3) is 5.91 Å². The second-order valence-electron chi connectivity index (χ2n) is 7.84. The molecule has 2 heterocycles. The van der Waals surface area contributed by atoms with Crippen molar-refractivity contribution in [2.24, 2.45) is 5.92 Å². The van der Waals surface area contributed by atoms with Crippen molar-refractivity contribution in [3.05, 3.63) is 64.9 Å². The lowest BCUT2D eigenvalue weighted by atomic mass is 9.86. The molecule has 31 heavy (non-hydrogen) atoms. The molecule has 2 aromatic heterocycles.